The van der Waals surface area contributed by atoms with Gasteiger partial charge in [-0.1, -0.05) is 19.4 Å². The molecule has 0 saturated carbocycles. The molecule has 0 N–H and O–H groups in total. The van der Waals surface area contributed by atoms with E-state index in [9.17, 15) is 9.59 Å². The third-order valence-electron chi connectivity index (χ3n) is 3.48. The van der Waals surface area contributed by atoms with Crippen LogP contribution in [0.3, 0.4) is 0 Å². The van der Waals surface area contributed by atoms with Crippen LogP contribution in [0, 0.1) is 6.92 Å². The summed E-state index contributed by atoms with van der Waals surface area (Å²) in [6.45, 7) is 3.90. The van der Waals surface area contributed by atoms with Crippen molar-refractivity contribution in [3.05, 3.63) is 62.1 Å². The van der Waals surface area contributed by atoms with Crippen LogP contribution in [0.4, 0.5) is 0 Å². The molecule has 23 heavy (non-hydrogen) atoms. The van der Waals surface area contributed by atoms with E-state index in [1.807, 2.05) is 19.2 Å². The number of carbonyl (C=O) groups is 1. The fourth-order valence-corrected chi connectivity index (χ4v) is 3.16. The number of ether oxygens (including phenoxy) is 1. The molecular formula is C18H16O4S. The average Bonchev–Trinajstić information content (AvgIpc) is 3.00. The van der Waals surface area contributed by atoms with Crippen molar-refractivity contribution in [2.45, 2.75) is 26.7 Å². The Morgan fingerprint density at radius 3 is 2.83 bits per heavy atom. The number of carbonyl (C=O) groups excluding carboxylic acids is 1. The molecule has 0 spiro atoms. The largest absolute Gasteiger partial charge is 0.423 e. The van der Waals surface area contributed by atoms with Gasteiger partial charge < -0.3 is 9.15 Å². The number of fused-ring (bicyclic) bond motifs is 1. The molecule has 0 amide bonds. The highest BCUT2D eigenvalue weighted by molar-refractivity contribution is 7.12. The molecule has 4 nitrogen and oxygen atoms in total. The van der Waals surface area contributed by atoms with Crippen LogP contribution in [0.1, 0.15) is 34.1 Å². The molecule has 5 heteroatoms. The molecule has 3 rings (SSSR count). The number of esters is 1. The molecule has 0 atom stereocenters. The van der Waals surface area contributed by atoms with E-state index in [0.29, 0.717) is 28.0 Å². The Morgan fingerprint density at radius 1 is 1.30 bits per heavy atom. The summed E-state index contributed by atoms with van der Waals surface area (Å²) in [5.74, 6) is 0.0335. The molecule has 0 unspecified atom stereocenters. The van der Waals surface area contributed by atoms with E-state index < -0.39 is 5.97 Å². The third kappa shape index (κ3) is 3.19. The summed E-state index contributed by atoms with van der Waals surface area (Å²) in [4.78, 5) is 24.5. The first kappa shape index (κ1) is 15.5. The third-order valence-corrected chi connectivity index (χ3v) is 4.33. The number of rotatable bonds is 4. The van der Waals surface area contributed by atoms with Crippen molar-refractivity contribution in [3.8, 4) is 5.75 Å². The van der Waals surface area contributed by atoms with Gasteiger partial charge in [0.15, 0.2) is 0 Å². The van der Waals surface area contributed by atoms with Crippen molar-refractivity contribution in [2.75, 3.05) is 0 Å². The molecular weight excluding hydrogens is 312 g/mol. The van der Waals surface area contributed by atoms with E-state index in [0.717, 1.165) is 17.5 Å². The maximum atomic E-state index is 12.3. The minimum atomic E-state index is -0.402. The zero-order valence-electron chi connectivity index (χ0n) is 12.9. The highest BCUT2D eigenvalue weighted by atomic mass is 32.1. The van der Waals surface area contributed by atoms with Gasteiger partial charge in [-0.05, 0) is 48.1 Å². The fourth-order valence-electron chi connectivity index (χ4n) is 2.56. The maximum Gasteiger partial charge on any atom is 0.353 e. The maximum absolute atomic E-state index is 12.3. The Kier molecular flexibility index (Phi) is 4.30. The van der Waals surface area contributed by atoms with Crippen molar-refractivity contribution < 1.29 is 13.9 Å². The van der Waals surface area contributed by atoms with Gasteiger partial charge in [-0.25, -0.2) is 9.59 Å². The van der Waals surface area contributed by atoms with Gasteiger partial charge in [-0.3, -0.25) is 0 Å². The van der Waals surface area contributed by atoms with Gasteiger partial charge in [0.1, 0.15) is 16.2 Å². The van der Waals surface area contributed by atoms with Crippen molar-refractivity contribution in [1.29, 1.82) is 0 Å². The summed E-state index contributed by atoms with van der Waals surface area (Å²) in [7, 11) is 0. The first-order valence-corrected chi connectivity index (χ1v) is 8.29. The molecule has 118 valence electrons. The molecule has 0 aliphatic carbocycles. The van der Waals surface area contributed by atoms with Gasteiger partial charge in [-0.2, -0.15) is 0 Å². The molecule has 0 saturated heterocycles. The molecule has 0 radical (unpaired) electrons. The number of thiophene rings is 1. The minimum Gasteiger partial charge on any atom is -0.423 e. The lowest BCUT2D eigenvalue weighted by Gasteiger charge is -2.11. The first-order chi connectivity index (χ1) is 11.1. The topological polar surface area (TPSA) is 56.5 Å². The Bertz CT molecular complexity index is 907. The van der Waals surface area contributed by atoms with Crippen molar-refractivity contribution >= 4 is 28.3 Å². The number of aryl methyl sites for hydroxylation is 2. The van der Waals surface area contributed by atoms with Crippen LogP contribution >= 0.6 is 11.3 Å². The minimum absolute atomic E-state index is 0.387. The first-order valence-electron chi connectivity index (χ1n) is 7.41. The Morgan fingerprint density at radius 2 is 2.13 bits per heavy atom. The predicted molar refractivity (Wildman–Crippen MR) is 90.5 cm³/mol. The van der Waals surface area contributed by atoms with Gasteiger partial charge in [0.05, 0.1) is 5.39 Å². The standard InChI is InChI=1S/C18H16O4S/c1-3-5-12-10-16(19)21-13-8-11(2)9-14(17(12)13)22-18(20)15-6-4-7-23-15/h4,6-10H,3,5H2,1-2H3. The summed E-state index contributed by atoms with van der Waals surface area (Å²) < 4.78 is 10.9. The van der Waals surface area contributed by atoms with Crippen LogP contribution in [-0.2, 0) is 6.42 Å². The smallest absolute Gasteiger partial charge is 0.353 e. The molecule has 1 aromatic carbocycles. The molecule has 2 aromatic heterocycles. The van der Waals surface area contributed by atoms with Crippen LogP contribution in [0.5, 0.6) is 5.75 Å². The Balaban J connectivity index is 2.15. The van der Waals surface area contributed by atoms with E-state index in [4.69, 9.17) is 9.15 Å². The van der Waals surface area contributed by atoms with Crippen molar-refractivity contribution in [1.82, 2.24) is 0 Å². The summed E-state index contributed by atoms with van der Waals surface area (Å²) >= 11 is 1.33. The molecule has 0 fully saturated rings. The second-order valence-corrected chi connectivity index (χ2v) is 6.29. The lowest BCUT2D eigenvalue weighted by Crippen LogP contribution is -2.09. The van der Waals surface area contributed by atoms with Crippen LogP contribution in [0.15, 0.2) is 44.9 Å². The fraction of sp³-hybridized carbons (Fsp3) is 0.222. The van der Waals surface area contributed by atoms with Crippen LogP contribution < -0.4 is 10.4 Å². The average molecular weight is 328 g/mol. The molecule has 0 bridgehead atoms. The Labute approximate surface area is 137 Å². The second-order valence-electron chi connectivity index (χ2n) is 5.34. The predicted octanol–water partition coefficient (Wildman–Crippen LogP) is 4.33. The summed E-state index contributed by atoms with van der Waals surface area (Å²) in [6.07, 6.45) is 1.60. The monoisotopic (exact) mass is 328 g/mol. The van der Waals surface area contributed by atoms with Crippen LogP contribution in [0.2, 0.25) is 0 Å². The van der Waals surface area contributed by atoms with E-state index >= 15 is 0 Å². The lowest BCUT2D eigenvalue weighted by atomic mass is 10.0. The summed E-state index contributed by atoms with van der Waals surface area (Å²) in [6, 6.07) is 8.59. The highest BCUT2D eigenvalue weighted by Crippen LogP contribution is 2.31. The van der Waals surface area contributed by atoms with Gasteiger partial charge in [0.25, 0.3) is 0 Å². The van der Waals surface area contributed by atoms with Crippen molar-refractivity contribution in [2.24, 2.45) is 0 Å². The zero-order chi connectivity index (χ0) is 16.4. The number of hydrogen-bond acceptors (Lipinski definition) is 5. The van der Waals surface area contributed by atoms with E-state index in [1.165, 1.54) is 17.4 Å². The normalized spacial score (nSPS) is 10.9. The van der Waals surface area contributed by atoms with Gasteiger partial charge in [0.2, 0.25) is 0 Å². The molecule has 0 aliphatic heterocycles. The quantitative estimate of drug-likeness (QED) is 0.406. The number of hydrogen-bond donors (Lipinski definition) is 0. The Hall–Kier alpha value is -2.40. The van der Waals surface area contributed by atoms with E-state index in [2.05, 4.69) is 0 Å². The van der Waals surface area contributed by atoms with Gasteiger partial charge in [-0.15, -0.1) is 11.3 Å². The highest BCUT2D eigenvalue weighted by Gasteiger charge is 2.16. The van der Waals surface area contributed by atoms with E-state index in [1.54, 1.807) is 24.3 Å². The van der Waals surface area contributed by atoms with Gasteiger partial charge >= 0.3 is 11.6 Å². The molecule has 0 aliphatic rings. The SMILES string of the molecule is CCCc1cc(=O)oc2cc(C)cc(OC(=O)c3cccs3)c12. The van der Waals surface area contributed by atoms with Gasteiger partial charge in [0, 0.05) is 6.07 Å². The second kappa shape index (κ2) is 6.38. The molecule has 2 heterocycles. The van der Waals surface area contributed by atoms with Crippen molar-refractivity contribution in [3.63, 3.8) is 0 Å². The molecule has 3 aromatic rings. The van der Waals surface area contributed by atoms with E-state index in [-0.39, 0.29) is 5.63 Å². The summed E-state index contributed by atoms with van der Waals surface area (Å²) in [5, 5.41) is 2.52. The summed E-state index contributed by atoms with van der Waals surface area (Å²) in [5.41, 5.74) is 1.77. The number of benzene rings is 1. The zero-order valence-corrected chi connectivity index (χ0v) is 13.7. The lowest BCUT2D eigenvalue weighted by molar-refractivity contribution is 0.0742. The van der Waals surface area contributed by atoms with Crippen LogP contribution in [-0.4, -0.2) is 5.97 Å². The van der Waals surface area contributed by atoms with Crippen LogP contribution in [0.25, 0.3) is 11.0 Å².